The van der Waals surface area contributed by atoms with Crippen molar-refractivity contribution in [3.8, 4) is 0 Å². The normalized spacial score (nSPS) is 20.8. The number of anilines is 1. The van der Waals surface area contributed by atoms with Crippen LogP contribution in [0.1, 0.15) is 12.0 Å². The monoisotopic (exact) mass is 222 g/mol. The fourth-order valence-corrected chi connectivity index (χ4v) is 2.25. The van der Waals surface area contributed by atoms with E-state index in [1.54, 1.807) is 6.07 Å². The third-order valence-corrected chi connectivity index (χ3v) is 3.34. The molecule has 1 aromatic carbocycles. The van der Waals surface area contributed by atoms with Crippen LogP contribution in [0, 0.1) is 12.7 Å². The Morgan fingerprint density at radius 1 is 1.38 bits per heavy atom. The van der Waals surface area contributed by atoms with Crippen molar-refractivity contribution in [2.45, 2.75) is 19.4 Å². The lowest BCUT2D eigenvalue weighted by atomic mass is 10.2. The van der Waals surface area contributed by atoms with Gasteiger partial charge in [-0.15, -0.1) is 0 Å². The summed E-state index contributed by atoms with van der Waals surface area (Å²) in [6.07, 6.45) is 1.11. The Balaban J connectivity index is 2.14. The molecule has 0 saturated carbocycles. The first kappa shape index (κ1) is 11.4. The number of aryl methyl sites for hydroxylation is 1. The first-order valence-corrected chi connectivity index (χ1v) is 5.75. The van der Waals surface area contributed by atoms with E-state index >= 15 is 0 Å². The minimum absolute atomic E-state index is 0.0978. The van der Waals surface area contributed by atoms with E-state index in [2.05, 4.69) is 23.9 Å². The Hall–Kier alpha value is -1.09. The highest BCUT2D eigenvalue weighted by Gasteiger charge is 2.25. The molecule has 1 aliphatic heterocycles. The van der Waals surface area contributed by atoms with Gasteiger partial charge < -0.3 is 9.80 Å². The van der Waals surface area contributed by atoms with Crippen molar-refractivity contribution in [2.24, 2.45) is 0 Å². The molecule has 0 aromatic heterocycles. The summed E-state index contributed by atoms with van der Waals surface area (Å²) in [5.41, 5.74) is 1.72. The van der Waals surface area contributed by atoms with E-state index in [-0.39, 0.29) is 5.82 Å². The highest BCUT2D eigenvalue weighted by molar-refractivity contribution is 5.50. The molecule has 2 rings (SSSR count). The summed E-state index contributed by atoms with van der Waals surface area (Å²) in [6.45, 7) is 3.79. The molecule has 1 aliphatic rings. The van der Waals surface area contributed by atoms with Crippen LogP contribution < -0.4 is 4.90 Å². The van der Waals surface area contributed by atoms with Crippen LogP contribution >= 0.6 is 0 Å². The topological polar surface area (TPSA) is 6.48 Å². The van der Waals surface area contributed by atoms with Crippen LogP contribution in [-0.4, -0.2) is 38.1 Å². The molecule has 1 heterocycles. The summed E-state index contributed by atoms with van der Waals surface area (Å²) in [5, 5.41) is 0. The van der Waals surface area contributed by atoms with Gasteiger partial charge in [-0.05, 0) is 45.1 Å². The van der Waals surface area contributed by atoms with Gasteiger partial charge in [-0.3, -0.25) is 0 Å². The van der Waals surface area contributed by atoms with Crippen molar-refractivity contribution in [1.29, 1.82) is 0 Å². The second-order valence-electron chi connectivity index (χ2n) is 4.81. The number of rotatable bonds is 2. The molecular weight excluding hydrogens is 203 g/mol. The van der Waals surface area contributed by atoms with E-state index in [9.17, 15) is 4.39 Å². The Morgan fingerprint density at radius 3 is 2.69 bits per heavy atom. The van der Waals surface area contributed by atoms with Gasteiger partial charge in [0.1, 0.15) is 5.82 Å². The molecule has 1 saturated heterocycles. The maximum Gasteiger partial charge on any atom is 0.146 e. The highest BCUT2D eigenvalue weighted by Crippen LogP contribution is 2.25. The van der Waals surface area contributed by atoms with Crippen molar-refractivity contribution in [3.63, 3.8) is 0 Å². The summed E-state index contributed by atoms with van der Waals surface area (Å²) in [6, 6.07) is 6.02. The molecule has 3 heteroatoms. The summed E-state index contributed by atoms with van der Waals surface area (Å²) in [4.78, 5) is 4.35. The van der Waals surface area contributed by atoms with Gasteiger partial charge in [0.15, 0.2) is 0 Å². The van der Waals surface area contributed by atoms with Gasteiger partial charge in [0.05, 0.1) is 5.69 Å². The molecule has 2 nitrogen and oxygen atoms in total. The zero-order chi connectivity index (χ0) is 11.7. The van der Waals surface area contributed by atoms with E-state index in [0.717, 1.165) is 30.8 Å². The molecular formula is C13H19FN2. The Bertz CT molecular complexity index is 376. The van der Waals surface area contributed by atoms with E-state index < -0.39 is 0 Å². The molecule has 0 radical (unpaired) electrons. The molecule has 1 unspecified atom stereocenters. The predicted molar refractivity (Wildman–Crippen MR) is 65.4 cm³/mol. The second-order valence-corrected chi connectivity index (χ2v) is 4.81. The average Bonchev–Trinajstić information content (AvgIpc) is 2.66. The SMILES string of the molecule is Cc1ccc(N2CCC(N(C)C)C2)c(F)c1. The first-order chi connectivity index (χ1) is 7.58. The Morgan fingerprint density at radius 2 is 2.12 bits per heavy atom. The average molecular weight is 222 g/mol. The van der Waals surface area contributed by atoms with Crippen LogP contribution in [0.25, 0.3) is 0 Å². The van der Waals surface area contributed by atoms with Gasteiger partial charge in [-0.25, -0.2) is 4.39 Å². The van der Waals surface area contributed by atoms with Crippen molar-refractivity contribution in [2.75, 3.05) is 32.1 Å². The summed E-state index contributed by atoms with van der Waals surface area (Å²) in [5.74, 6) is -0.0978. The highest BCUT2D eigenvalue weighted by atomic mass is 19.1. The van der Waals surface area contributed by atoms with E-state index in [1.807, 2.05) is 19.1 Å². The fourth-order valence-electron chi connectivity index (χ4n) is 2.25. The molecule has 0 spiro atoms. The number of likely N-dealkylation sites (N-methyl/N-ethyl adjacent to an activating group) is 1. The number of hydrogen-bond donors (Lipinski definition) is 0. The Labute approximate surface area is 96.7 Å². The van der Waals surface area contributed by atoms with Gasteiger partial charge >= 0.3 is 0 Å². The third kappa shape index (κ3) is 2.19. The molecule has 1 fully saturated rings. The van der Waals surface area contributed by atoms with E-state index in [4.69, 9.17) is 0 Å². The van der Waals surface area contributed by atoms with Gasteiger partial charge in [0, 0.05) is 19.1 Å². The molecule has 0 amide bonds. The summed E-state index contributed by atoms with van der Waals surface area (Å²) < 4.78 is 13.8. The minimum atomic E-state index is -0.0978. The lowest BCUT2D eigenvalue weighted by Crippen LogP contribution is -2.31. The second kappa shape index (κ2) is 4.42. The molecule has 0 bridgehead atoms. The molecule has 1 aromatic rings. The predicted octanol–water partition coefficient (Wildman–Crippen LogP) is 2.27. The van der Waals surface area contributed by atoms with Crippen LogP contribution in [-0.2, 0) is 0 Å². The number of halogens is 1. The molecule has 0 N–H and O–H groups in total. The van der Waals surface area contributed by atoms with Crippen LogP contribution in [0.15, 0.2) is 18.2 Å². The van der Waals surface area contributed by atoms with Crippen molar-refractivity contribution >= 4 is 5.69 Å². The van der Waals surface area contributed by atoms with E-state index in [1.165, 1.54) is 0 Å². The summed E-state index contributed by atoms with van der Waals surface area (Å²) in [7, 11) is 4.17. The first-order valence-electron chi connectivity index (χ1n) is 5.75. The number of benzene rings is 1. The van der Waals surface area contributed by atoms with Crippen LogP contribution in [0.3, 0.4) is 0 Å². The maximum absolute atomic E-state index is 13.8. The zero-order valence-electron chi connectivity index (χ0n) is 10.2. The largest absolute Gasteiger partial charge is 0.368 e. The van der Waals surface area contributed by atoms with Gasteiger partial charge in [0.2, 0.25) is 0 Å². The van der Waals surface area contributed by atoms with Crippen LogP contribution in [0.4, 0.5) is 10.1 Å². The van der Waals surface area contributed by atoms with Gasteiger partial charge in [0.25, 0.3) is 0 Å². The van der Waals surface area contributed by atoms with Crippen molar-refractivity contribution in [1.82, 2.24) is 4.90 Å². The standard InChI is InChI=1S/C13H19FN2/c1-10-4-5-13(12(14)8-10)16-7-6-11(9-16)15(2)3/h4-5,8,11H,6-7,9H2,1-3H3. The third-order valence-electron chi connectivity index (χ3n) is 3.34. The van der Waals surface area contributed by atoms with Crippen LogP contribution in [0.5, 0.6) is 0 Å². The molecule has 1 atom stereocenters. The lowest BCUT2D eigenvalue weighted by molar-refractivity contribution is 0.315. The Kier molecular flexibility index (Phi) is 3.15. The van der Waals surface area contributed by atoms with Crippen molar-refractivity contribution in [3.05, 3.63) is 29.6 Å². The minimum Gasteiger partial charge on any atom is -0.368 e. The quantitative estimate of drug-likeness (QED) is 0.757. The van der Waals surface area contributed by atoms with Crippen LogP contribution in [0.2, 0.25) is 0 Å². The molecule has 0 aliphatic carbocycles. The maximum atomic E-state index is 13.8. The molecule has 16 heavy (non-hydrogen) atoms. The molecule has 88 valence electrons. The number of hydrogen-bond acceptors (Lipinski definition) is 2. The lowest BCUT2D eigenvalue weighted by Gasteiger charge is -2.22. The summed E-state index contributed by atoms with van der Waals surface area (Å²) >= 11 is 0. The van der Waals surface area contributed by atoms with Crippen molar-refractivity contribution < 1.29 is 4.39 Å². The van der Waals surface area contributed by atoms with Gasteiger partial charge in [-0.2, -0.15) is 0 Å². The zero-order valence-corrected chi connectivity index (χ0v) is 10.2. The van der Waals surface area contributed by atoms with E-state index in [0.29, 0.717) is 6.04 Å². The van der Waals surface area contributed by atoms with Gasteiger partial charge in [-0.1, -0.05) is 6.07 Å². The fraction of sp³-hybridized carbons (Fsp3) is 0.538. The smallest absolute Gasteiger partial charge is 0.146 e. The number of nitrogens with zero attached hydrogens (tertiary/aromatic N) is 2.